The second kappa shape index (κ2) is 7.62. The van der Waals surface area contributed by atoms with Gasteiger partial charge >= 0.3 is 0 Å². The molecular weight excluding hydrogens is 396 g/mol. The van der Waals surface area contributed by atoms with E-state index in [1.165, 1.54) is 13.1 Å². The van der Waals surface area contributed by atoms with Crippen LogP contribution in [0.5, 0.6) is 0 Å². The summed E-state index contributed by atoms with van der Waals surface area (Å²) in [6.45, 7) is 1.59. The highest BCUT2D eigenvalue weighted by Crippen LogP contribution is 2.39. The summed E-state index contributed by atoms with van der Waals surface area (Å²) in [5, 5.41) is 20.9. The Morgan fingerprint density at radius 3 is 2.42 bits per heavy atom. The second-order valence-electron chi connectivity index (χ2n) is 6.18. The zero-order chi connectivity index (χ0) is 19.8. The number of aliphatic hydroxyl groups excluding tert-OH is 1. The van der Waals surface area contributed by atoms with Crippen molar-refractivity contribution in [1.29, 1.82) is 5.41 Å². The lowest BCUT2D eigenvalue weighted by Crippen LogP contribution is -2.22. The molecule has 0 radical (unpaired) electrons. The van der Waals surface area contributed by atoms with Crippen LogP contribution in [0.25, 0.3) is 0 Å². The van der Waals surface area contributed by atoms with Crippen LogP contribution < -0.4 is 5.32 Å². The second-order valence-corrected chi connectivity index (χ2v) is 9.33. The van der Waals surface area contributed by atoms with Gasteiger partial charge in [0.2, 0.25) is 5.78 Å². The van der Waals surface area contributed by atoms with Crippen LogP contribution in [-0.2, 0) is 9.84 Å². The van der Waals surface area contributed by atoms with Gasteiger partial charge in [0.25, 0.3) is 0 Å². The van der Waals surface area contributed by atoms with Crippen LogP contribution in [0.4, 0.5) is 0 Å². The molecule has 1 fully saturated rings. The minimum Gasteiger partial charge on any atom is -0.494 e. The third-order valence-electron chi connectivity index (χ3n) is 4.14. The normalized spacial score (nSPS) is 15.4. The predicted molar refractivity (Wildman–Crippen MR) is 105 cm³/mol. The molecule has 0 aliphatic heterocycles. The van der Waals surface area contributed by atoms with E-state index in [9.17, 15) is 18.3 Å². The van der Waals surface area contributed by atoms with Crippen LogP contribution in [0.1, 0.15) is 28.8 Å². The van der Waals surface area contributed by atoms with E-state index >= 15 is 0 Å². The summed E-state index contributed by atoms with van der Waals surface area (Å²) in [7, 11) is -2.08. The number of hydrogen-bond acceptors (Lipinski definition) is 7. The van der Waals surface area contributed by atoms with Gasteiger partial charge in [-0.3, -0.25) is 4.79 Å². The largest absolute Gasteiger partial charge is 0.494 e. The van der Waals surface area contributed by atoms with Gasteiger partial charge in [0.15, 0.2) is 15.7 Å². The van der Waals surface area contributed by atoms with Crippen molar-refractivity contribution in [2.75, 3.05) is 19.6 Å². The van der Waals surface area contributed by atoms with Gasteiger partial charge in [-0.25, -0.2) is 8.42 Å². The fourth-order valence-electron chi connectivity index (χ4n) is 2.75. The molecule has 0 saturated heterocycles. The molecule has 3 N–H and O–H groups in total. The highest BCUT2D eigenvalue weighted by Gasteiger charge is 2.35. The Hall–Kier alpha value is -1.51. The molecule has 0 spiro atoms. The smallest absolute Gasteiger partial charge is 0.201 e. The maximum absolute atomic E-state index is 13.1. The Bertz CT molecular complexity index is 919. The van der Waals surface area contributed by atoms with Crippen molar-refractivity contribution in [3.05, 3.63) is 33.7 Å². The zero-order valence-electron chi connectivity index (χ0n) is 14.9. The van der Waals surface area contributed by atoms with Crippen LogP contribution in [-0.4, -0.2) is 44.6 Å². The van der Waals surface area contributed by atoms with E-state index in [0.717, 1.165) is 30.9 Å². The van der Waals surface area contributed by atoms with Crippen LogP contribution in [0.15, 0.2) is 27.3 Å². The number of halogens is 1. The maximum atomic E-state index is 13.1. The van der Waals surface area contributed by atoms with Gasteiger partial charge in [-0.05, 0) is 37.7 Å². The predicted octanol–water partition coefficient (Wildman–Crippen LogP) is 3.38. The monoisotopic (exact) mass is 416 g/mol. The quantitative estimate of drug-likeness (QED) is 0.207. The lowest BCUT2D eigenvalue weighted by atomic mass is 9.96. The molecule has 0 unspecified atom stereocenters. The zero-order valence-corrected chi connectivity index (χ0v) is 17.3. The number of carbonyl (C=O) groups excluding carboxylic acids is 1. The summed E-state index contributed by atoms with van der Waals surface area (Å²) in [6.07, 6.45) is 4.36. The summed E-state index contributed by atoms with van der Waals surface area (Å²) >= 11 is 7.51. The molecule has 142 valence electrons. The van der Waals surface area contributed by atoms with Crippen molar-refractivity contribution < 1.29 is 18.3 Å². The Balaban J connectivity index is 2.69. The number of Topliss-reactive ketones (excluding diaryl/α,β-unsaturated/α-hetero) is 1. The van der Waals surface area contributed by atoms with Crippen LogP contribution in [0.3, 0.4) is 0 Å². The minimum atomic E-state index is -3.53. The average molecular weight is 417 g/mol. The van der Waals surface area contributed by atoms with Crippen molar-refractivity contribution in [1.82, 2.24) is 5.32 Å². The number of thioether (sulfide) groups is 1. The molecule has 1 aromatic carbocycles. The highest BCUT2D eigenvalue weighted by atomic mass is 35.5. The third kappa shape index (κ3) is 3.92. The number of benzene rings is 1. The van der Waals surface area contributed by atoms with E-state index in [2.05, 4.69) is 5.32 Å². The third-order valence-corrected chi connectivity index (χ3v) is 6.85. The molecule has 1 aliphatic rings. The first-order valence-corrected chi connectivity index (χ1v) is 11.4. The van der Waals surface area contributed by atoms with Crippen LogP contribution >= 0.6 is 23.4 Å². The number of sulfone groups is 1. The Labute approximate surface area is 162 Å². The van der Waals surface area contributed by atoms with Crippen molar-refractivity contribution in [3.63, 3.8) is 0 Å². The van der Waals surface area contributed by atoms with Gasteiger partial charge in [0, 0.05) is 29.7 Å². The summed E-state index contributed by atoms with van der Waals surface area (Å²) in [6, 6.07) is 1.41. The molecule has 2 rings (SSSR count). The molecule has 0 amide bonds. The summed E-state index contributed by atoms with van der Waals surface area (Å²) in [5.74, 6) is -1.05. The lowest BCUT2D eigenvalue weighted by Gasteiger charge is -2.17. The van der Waals surface area contributed by atoms with E-state index in [-0.39, 0.29) is 32.7 Å². The number of nitrogens with one attached hydrogen (secondary N) is 2. The van der Waals surface area contributed by atoms with Crippen molar-refractivity contribution in [2.45, 2.75) is 29.6 Å². The molecule has 1 saturated carbocycles. The van der Waals surface area contributed by atoms with Gasteiger partial charge in [-0.1, -0.05) is 11.6 Å². The highest BCUT2D eigenvalue weighted by molar-refractivity contribution is 7.99. The number of aliphatic hydroxyl groups is 1. The molecule has 26 heavy (non-hydrogen) atoms. The fraction of sp³-hybridized carbons (Fsp3) is 0.412. The lowest BCUT2D eigenvalue weighted by molar-refractivity contribution is 0.103. The molecule has 6 nitrogen and oxygen atoms in total. The Kier molecular flexibility index (Phi) is 6.09. The van der Waals surface area contributed by atoms with Gasteiger partial charge in [-0.2, -0.15) is 0 Å². The van der Waals surface area contributed by atoms with Gasteiger partial charge in [0.1, 0.15) is 5.57 Å². The number of rotatable bonds is 7. The molecule has 1 aliphatic carbocycles. The number of allylic oxidation sites excluding steroid dienone is 1. The van der Waals surface area contributed by atoms with E-state index in [4.69, 9.17) is 17.0 Å². The summed E-state index contributed by atoms with van der Waals surface area (Å²) in [5.41, 5.74) is 0.401. The first-order valence-electron chi connectivity index (χ1n) is 7.86. The average Bonchev–Trinajstić information content (AvgIpc) is 3.39. The standard InChI is InChI=1S/C17H21ClN2O4S2/c1-8-7-10(12(18)15(25-3)16(8)26(4,23)24)14(21)11(17(22)20-2)13(19)9-5-6-9/h7,9,19-20,22H,5-6H2,1-4H3/b17-11-,19-13?. The molecule has 9 heteroatoms. The maximum Gasteiger partial charge on any atom is 0.201 e. The van der Waals surface area contributed by atoms with Crippen LogP contribution in [0, 0.1) is 18.3 Å². The number of hydrogen-bond donors (Lipinski definition) is 3. The molecular formula is C17H21ClN2O4S2. The molecule has 1 aromatic rings. The summed E-state index contributed by atoms with van der Waals surface area (Å²) in [4.78, 5) is 13.5. The molecule has 0 atom stereocenters. The first kappa shape index (κ1) is 20.8. The number of ketones is 1. The van der Waals surface area contributed by atoms with Crippen molar-refractivity contribution in [2.24, 2.45) is 5.92 Å². The number of carbonyl (C=O) groups is 1. The summed E-state index contributed by atoms with van der Waals surface area (Å²) < 4.78 is 24.2. The molecule has 0 aromatic heterocycles. The minimum absolute atomic E-state index is 0.0125. The fourth-order valence-corrected chi connectivity index (χ4v) is 5.69. The molecule has 0 heterocycles. The van der Waals surface area contributed by atoms with E-state index < -0.39 is 21.5 Å². The van der Waals surface area contributed by atoms with Crippen molar-refractivity contribution >= 4 is 44.7 Å². The SMILES string of the molecule is CN/C(O)=C(\C(=N)C1CC1)C(=O)c1cc(C)c(S(C)(=O)=O)c(SC)c1Cl. The van der Waals surface area contributed by atoms with Gasteiger partial charge in [-0.15, -0.1) is 11.8 Å². The number of aryl methyl sites for hydroxylation is 1. The molecule has 0 bridgehead atoms. The van der Waals surface area contributed by atoms with Crippen molar-refractivity contribution in [3.8, 4) is 0 Å². The van der Waals surface area contributed by atoms with Crippen LogP contribution in [0.2, 0.25) is 5.02 Å². The van der Waals surface area contributed by atoms with Gasteiger partial charge in [0.05, 0.1) is 15.6 Å². The van der Waals surface area contributed by atoms with E-state index in [0.29, 0.717) is 10.5 Å². The first-order chi connectivity index (χ1) is 12.0. The Morgan fingerprint density at radius 1 is 1.42 bits per heavy atom. The van der Waals surface area contributed by atoms with E-state index in [1.54, 1.807) is 13.2 Å². The Morgan fingerprint density at radius 2 is 2.00 bits per heavy atom. The van der Waals surface area contributed by atoms with E-state index in [1.807, 2.05) is 0 Å². The topological polar surface area (TPSA) is 107 Å². The van der Waals surface area contributed by atoms with Gasteiger partial charge < -0.3 is 15.8 Å².